The molecule has 1 aromatic heterocycles. The molecule has 0 amide bonds. The number of nitrogens with two attached hydrogens (primary N) is 1. The Morgan fingerprint density at radius 3 is 3.06 bits per heavy atom. The predicted molar refractivity (Wildman–Crippen MR) is 64.1 cm³/mol. The van der Waals surface area contributed by atoms with E-state index in [1.807, 2.05) is 6.92 Å². The molecular weight excluding hydrogens is 237 g/mol. The third kappa shape index (κ3) is 2.84. The van der Waals surface area contributed by atoms with Crippen LogP contribution in [0, 0.1) is 5.82 Å². The van der Waals surface area contributed by atoms with E-state index in [9.17, 15) is 4.39 Å². The minimum Gasteiger partial charge on any atom is -0.399 e. The molecule has 0 bridgehead atoms. The van der Waals surface area contributed by atoms with Gasteiger partial charge in [-0.25, -0.2) is 4.39 Å². The van der Waals surface area contributed by atoms with Gasteiger partial charge in [-0.15, -0.1) is 0 Å². The Kier molecular flexibility index (Phi) is 3.88. The van der Waals surface area contributed by atoms with Gasteiger partial charge in [-0.05, 0) is 24.6 Å². The van der Waals surface area contributed by atoms with E-state index >= 15 is 0 Å². The van der Waals surface area contributed by atoms with Crippen molar-refractivity contribution in [1.29, 1.82) is 0 Å². The van der Waals surface area contributed by atoms with Gasteiger partial charge in [0.1, 0.15) is 12.4 Å². The maximum Gasteiger partial charge on any atom is 0.261 e. The van der Waals surface area contributed by atoms with Gasteiger partial charge in [-0.3, -0.25) is 0 Å². The van der Waals surface area contributed by atoms with Gasteiger partial charge < -0.3 is 15.0 Å². The first-order valence-electron chi connectivity index (χ1n) is 5.66. The second-order valence-electron chi connectivity index (χ2n) is 3.81. The van der Waals surface area contributed by atoms with Crippen LogP contribution in [-0.2, 0) is 11.3 Å². The van der Waals surface area contributed by atoms with Crippen LogP contribution in [0.2, 0.25) is 0 Å². The van der Waals surface area contributed by atoms with Crippen LogP contribution in [0.25, 0.3) is 11.5 Å². The Labute approximate surface area is 104 Å². The molecule has 0 saturated carbocycles. The van der Waals surface area contributed by atoms with Gasteiger partial charge in [0.05, 0.1) is 5.56 Å². The third-order valence-corrected chi connectivity index (χ3v) is 2.27. The maximum absolute atomic E-state index is 13.6. The molecule has 2 N–H and O–H groups in total. The minimum absolute atomic E-state index is 0.106. The van der Waals surface area contributed by atoms with Gasteiger partial charge in [-0.2, -0.15) is 4.98 Å². The molecule has 0 aliphatic heterocycles. The van der Waals surface area contributed by atoms with Gasteiger partial charge in [0, 0.05) is 12.3 Å². The summed E-state index contributed by atoms with van der Waals surface area (Å²) in [5, 5.41) is 3.72. The lowest BCUT2D eigenvalue weighted by Gasteiger charge is -1.98. The molecule has 0 spiro atoms. The fourth-order valence-corrected chi connectivity index (χ4v) is 1.44. The Balaban J connectivity index is 2.16. The molecule has 0 radical (unpaired) electrons. The summed E-state index contributed by atoms with van der Waals surface area (Å²) in [4.78, 5) is 4.06. The van der Waals surface area contributed by atoms with E-state index in [-0.39, 0.29) is 18.1 Å². The zero-order chi connectivity index (χ0) is 13.0. The summed E-state index contributed by atoms with van der Waals surface area (Å²) < 4.78 is 23.8. The quantitative estimate of drug-likeness (QED) is 0.652. The van der Waals surface area contributed by atoms with E-state index in [2.05, 4.69) is 10.1 Å². The highest BCUT2D eigenvalue weighted by atomic mass is 19.1. The number of benzene rings is 1. The van der Waals surface area contributed by atoms with Crippen molar-refractivity contribution in [2.75, 3.05) is 12.3 Å². The first-order chi connectivity index (χ1) is 8.70. The van der Waals surface area contributed by atoms with Crippen LogP contribution in [0.1, 0.15) is 19.2 Å². The number of halogens is 1. The van der Waals surface area contributed by atoms with E-state index in [4.69, 9.17) is 15.0 Å². The highest BCUT2D eigenvalue weighted by Gasteiger charge is 2.13. The maximum atomic E-state index is 13.6. The van der Waals surface area contributed by atoms with E-state index in [0.717, 1.165) is 6.42 Å². The van der Waals surface area contributed by atoms with Gasteiger partial charge in [-0.1, -0.05) is 12.1 Å². The topological polar surface area (TPSA) is 74.2 Å². The molecule has 0 aliphatic rings. The summed E-state index contributed by atoms with van der Waals surface area (Å²) in [7, 11) is 0. The molecule has 2 rings (SSSR count). The van der Waals surface area contributed by atoms with Crippen molar-refractivity contribution in [3.63, 3.8) is 0 Å². The molecule has 5 nitrogen and oxygen atoms in total. The van der Waals surface area contributed by atoms with Crippen LogP contribution in [-0.4, -0.2) is 16.7 Å². The second-order valence-corrected chi connectivity index (χ2v) is 3.81. The first-order valence-corrected chi connectivity index (χ1v) is 5.66. The molecule has 6 heteroatoms. The average Bonchev–Trinajstić information content (AvgIpc) is 2.81. The molecule has 0 atom stereocenters. The Morgan fingerprint density at radius 1 is 1.44 bits per heavy atom. The van der Waals surface area contributed by atoms with Gasteiger partial charge in [0.2, 0.25) is 0 Å². The molecule has 0 saturated heterocycles. The predicted octanol–water partition coefficient (Wildman–Crippen LogP) is 2.38. The van der Waals surface area contributed by atoms with E-state index in [1.54, 1.807) is 0 Å². The number of rotatable bonds is 5. The zero-order valence-corrected chi connectivity index (χ0v) is 10.0. The average molecular weight is 251 g/mol. The Hall–Kier alpha value is -1.95. The third-order valence-electron chi connectivity index (χ3n) is 2.27. The van der Waals surface area contributed by atoms with Crippen LogP contribution in [0.3, 0.4) is 0 Å². The first kappa shape index (κ1) is 12.5. The van der Waals surface area contributed by atoms with Crippen LogP contribution in [0.4, 0.5) is 10.1 Å². The molecule has 1 aromatic carbocycles. The number of ether oxygens (including phenoxy) is 1. The van der Waals surface area contributed by atoms with E-state index in [1.165, 1.54) is 18.2 Å². The molecule has 0 unspecified atom stereocenters. The molecule has 0 fully saturated rings. The van der Waals surface area contributed by atoms with Crippen molar-refractivity contribution in [2.24, 2.45) is 0 Å². The summed E-state index contributed by atoms with van der Waals surface area (Å²) >= 11 is 0. The molecule has 0 aliphatic carbocycles. The van der Waals surface area contributed by atoms with E-state index in [0.29, 0.717) is 18.1 Å². The molecule has 2 aromatic rings. The number of nitrogen functional groups attached to an aromatic ring is 1. The zero-order valence-electron chi connectivity index (χ0n) is 10.0. The van der Waals surface area contributed by atoms with Gasteiger partial charge in [0.25, 0.3) is 5.89 Å². The summed E-state index contributed by atoms with van der Waals surface area (Å²) in [5.74, 6) is 0.0454. The highest BCUT2D eigenvalue weighted by molar-refractivity contribution is 5.60. The molecule has 96 valence electrons. The number of hydrogen-bond donors (Lipinski definition) is 1. The van der Waals surface area contributed by atoms with Crippen molar-refractivity contribution in [2.45, 2.75) is 20.0 Å². The molecular formula is C12H14FN3O2. The van der Waals surface area contributed by atoms with E-state index < -0.39 is 5.82 Å². The SMILES string of the molecule is CCCOCc1noc(-c2cc(N)ccc2F)n1. The van der Waals surface area contributed by atoms with Crippen LogP contribution < -0.4 is 5.73 Å². The van der Waals surface area contributed by atoms with Crippen molar-refractivity contribution in [3.05, 3.63) is 29.8 Å². The second kappa shape index (κ2) is 5.59. The summed E-state index contributed by atoms with van der Waals surface area (Å²) in [5.41, 5.74) is 6.23. The lowest BCUT2D eigenvalue weighted by molar-refractivity contribution is 0.114. The Bertz CT molecular complexity index is 528. The fourth-order valence-electron chi connectivity index (χ4n) is 1.44. The highest BCUT2D eigenvalue weighted by Crippen LogP contribution is 2.23. The van der Waals surface area contributed by atoms with Crippen LogP contribution in [0.15, 0.2) is 22.7 Å². The minimum atomic E-state index is -0.450. The molecule has 18 heavy (non-hydrogen) atoms. The smallest absolute Gasteiger partial charge is 0.261 e. The summed E-state index contributed by atoms with van der Waals surface area (Å²) in [6.07, 6.45) is 0.911. The van der Waals surface area contributed by atoms with Gasteiger partial charge >= 0.3 is 0 Å². The number of nitrogens with zero attached hydrogens (tertiary/aromatic N) is 2. The number of anilines is 1. The van der Waals surface area contributed by atoms with Crippen LogP contribution in [0.5, 0.6) is 0 Å². The van der Waals surface area contributed by atoms with Crippen LogP contribution >= 0.6 is 0 Å². The summed E-state index contributed by atoms with van der Waals surface area (Å²) in [6.45, 7) is 2.88. The normalized spacial score (nSPS) is 10.8. The lowest BCUT2D eigenvalue weighted by Crippen LogP contribution is -1.96. The van der Waals surface area contributed by atoms with Crippen molar-refractivity contribution >= 4 is 5.69 Å². The number of hydrogen-bond acceptors (Lipinski definition) is 5. The largest absolute Gasteiger partial charge is 0.399 e. The summed E-state index contributed by atoms with van der Waals surface area (Å²) in [6, 6.07) is 4.20. The lowest BCUT2D eigenvalue weighted by atomic mass is 10.2. The van der Waals surface area contributed by atoms with Crippen molar-refractivity contribution in [1.82, 2.24) is 10.1 Å². The standard InChI is InChI=1S/C12H14FN3O2/c1-2-5-17-7-11-15-12(18-16-11)9-6-8(14)3-4-10(9)13/h3-4,6H,2,5,7,14H2,1H3. The Morgan fingerprint density at radius 2 is 2.28 bits per heavy atom. The molecule has 1 heterocycles. The van der Waals surface area contributed by atoms with Crippen molar-refractivity contribution in [3.8, 4) is 11.5 Å². The fraction of sp³-hybridized carbons (Fsp3) is 0.333. The number of aromatic nitrogens is 2. The van der Waals surface area contributed by atoms with Gasteiger partial charge in [0.15, 0.2) is 5.82 Å². The monoisotopic (exact) mass is 251 g/mol. The van der Waals surface area contributed by atoms with Crippen molar-refractivity contribution < 1.29 is 13.7 Å².